The van der Waals surface area contributed by atoms with E-state index in [4.69, 9.17) is 5.73 Å². The van der Waals surface area contributed by atoms with Gasteiger partial charge < -0.3 is 5.73 Å². The van der Waals surface area contributed by atoms with Crippen LogP contribution >= 0.6 is 0 Å². The molecule has 1 aromatic rings. The summed E-state index contributed by atoms with van der Waals surface area (Å²) in [6.45, 7) is 6.21. The molecule has 0 radical (unpaired) electrons. The van der Waals surface area contributed by atoms with Gasteiger partial charge in [0, 0.05) is 17.8 Å². The van der Waals surface area contributed by atoms with Gasteiger partial charge in [-0.05, 0) is 33.2 Å². The van der Waals surface area contributed by atoms with Crippen LogP contribution in [0.4, 0.5) is 5.82 Å². The van der Waals surface area contributed by atoms with E-state index in [-0.39, 0.29) is 0 Å². The topological polar surface area (TPSA) is 55.0 Å². The van der Waals surface area contributed by atoms with Crippen LogP contribution in [0.2, 0.25) is 0 Å². The second-order valence-corrected chi connectivity index (χ2v) is 4.67. The van der Waals surface area contributed by atoms with Gasteiger partial charge in [0.15, 0.2) is 0 Å². The lowest BCUT2D eigenvalue weighted by Gasteiger charge is -2.32. The summed E-state index contributed by atoms with van der Waals surface area (Å²) in [7, 11) is 0. The zero-order valence-electron chi connectivity index (χ0n) is 10.1. The molecule has 1 aliphatic heterocycles. The van der Waals surface area contributed by atoms with E-state index >= 15 is 0 Å². The second kappa shape index (κ2) is 4.78. The first kappa shape index (κ1) is 11.3. The van der Waals surface area contributed by atoms with E-state index in [1.54, 1.807) is 0 Å². The Kier molecular flexibility index (Phi) is 3.39. The van der Waals surface area contributed by atoms with Gasteiger partial charge in [-0.1, -0.05) is 6.42 Å². The molecular weight excluding hydrogens is 200 g/mol. The molecule has 0 aliphatic carbocycles. The molecule has 88 valence electrons. The smallest absolute Gasteiger partial charge is 0.144 e. The molecule has 2 N–H and O–H groups in total. The lowest BCUT2D eigenvalue weighted by atomic mass is 10.0. The van der Waals surface area contributed by atoms with Crippen molar-refractivity contribution in [2.45, 2.75) is 45.7 Å². The number of aryl methyl sites for hydroxylation is 1. The molecule has 4 heteroatoms. The van der Waals surface area contributed by atoms with E-state index < -0.39 is 0 Å². The van der Waals surface area contributed by atoms with Crippen molar-refractivity contribution in [3.8, 4) is 0 Å². The first-order chi connectivity index (χ1) is 7.65. The fourth-order valence-corrected chi connectivity index (χ4v) is 2.30. The maximum Gasteiger partial charge on any atom is 0.144 e. The Morgan fingerprint density at radius 1 is 1.44 bits per heavy atom. The highest BCUT2D eigenvalue weighted by molar-refractivity contribution is 5.29. The first-order valence-corrected chi connectivity index (χ1v) is 5.99. The number of likely N-dealkylation sites (tertiary alicyclic amines) is 1. The van der Waals surface area contributed by atoms with Crippen molar-refractivity contribution in [2.75, 3.05) is 12.3 Å². The van der Waals surface area contributed by atoms with Crippen LogP contribution in [-0.2, 0) is 6.54 Å². The van der Waals surface area contributed by atoms with Gasteiger partial charge >= 0.3 is 0 Å². The molecule has 1 aliphatic rings. The largest absolute Gasteiger partial charge is 0.384 e. The van der Waals surface area contributed by atoms with E-state index in [1.807, 2.05) is 13.0 Å². The lowest BCUT2D eigenvalue weighted by molar-refractivity contribution is 0.149. The van der Waals surface area contributed by atoms with Crippen molar-refractivity contribution < 1.29 is 0 Å². The molecule has 1 aromatic heterocycles. The first-order valence-electron chi connectivity index (χ1n) is 5.99. The Labute approximate surface area is 96.9 Å². The summed E-state index contributed by atoms with van der Waals surface area (Å²) in [5.74, 6) is 1.43. The molecule has 0 aromatic carbocycles. The van der Waals surface area contributed by atoms with Crippen molar-refractivity contribution in [1.82, 2.24) is 14.9 Å². The Morgan fingerprint density at radius 2 is 2.25 bits per heavy atom. The van der Waals surface area contributed by atoms with Crippen LogP contribution in [0, 0.1) is 6.92 Å². The van der Waals surface area contributed by atoms with Gasteiger partial charge in [-0.15, -0.1) is 0 Å². The van der Waals surface area contributed by atoms with Crippen LogP contribution in [0.1, 0.15) is 37.7 Å². The maximum atomic E-state index is 5.73. The fourth-order valence-electron chi connectivity index (χ4n) is 2.30. The number of piperidine rings is 1. The summed E-state index contributed by atoms with van der Waals surface area (Å²) in [4.78, 5) is 11.2. The molecule has 0 spiro atoms. The number of hydrogen-bond acceptors (Lipinski definition) is 4. The molecule has 1 saturated heterocycles. The van der Waals surface area contributed by atoms with Gasteiger partial charge in [0.2, 0.25) is 0 Å². The molecule has 0 amide bonds. The molecule has 2 rings (SSSR count). The summed E-state index contributed by atoms with van der Waals surface area (Å²) < 4.78 is 0. The zero-order chi connectivity index (χ0) is 11.5. The summed E-state index contributed by atoms with van der Waals surface area (Å²) in [6.07, 6.45) is 3.90. The minimum atomic E-state index is 0.576. The van der Waals surface area contributed by atoms with Crippen molar-refractivity contribution in [1.29, 1.82) is 0 Å². The number of hydrogen-bond donors (Lipinski definition) is 1. The number of anilines is 1. The Balaban J connectivity index is 2.07. The highest BCUT2D eigenvalue weighted by atomic mass is 15.2. The number of rotatable bonds is 2. The van der Waals surface area contributed by atoms with Crippen LogP contribution in [0.5, 0.6) is 0 Å². The SMILES string of the molecule is Cc1cc(N)nc(CN2CCCCC2C)n1. The summed E-state index contributed by atoms with van der Waals surface area (Å²) in [6, 6.07) is 2.45. The Bertz CT molecular complexity index is 344. The van der Waals surface area contributed by atoms with Crippen LogP contribution in [0.15, 0.2) is 6.07 Å². The molecule has 16 heavy (non-hydrogen) atoms. The number of nitrogens with zero attached hydrogens (tertiary/aromatic N) is 3. The third-order valence-electron chi connectivity index (χ3n) is 3.21. The van der Waals surface area contributed by atoms with Gasteiger partial charge in [0.25, 0.3) is 0 Å². The van der Waals surface area contributed by atoms with E-state index in [2.05, 4.69) is 21.8 Å². The third kappa shape index (κ3) is 2.70. The maximum absolute atomic E-state index is 5.73. The Hall–Kier alpha value is -1.16. The fraction of sp³-hybridized carbons (Fsp3) is 0.667. The predicted octanol–water partition coefficient (Wildman–Crippen LogP) is 1.74. The molecule has 1 unspecified atom stereocenters. The summed E-state index contributed by atoms with van der Waals surface area (Å²) >= 11 is 0. The standard InChI is InChI=1S/C12H20N4/c1-9-7-11(13)15-12(14-9)8-16-6-4-3-5-10(16)2/h7,10H,3-6,8H2,1-2H3,(H2,13,14,15). The minimum Gasteiger partial charge on any atom is -0.384 e. The number of nitrogens with two attached hydrogens (primary N) is 1. The van der Waals surface area contributed by atoms with Crippen molar-refractivity contribution in [3.05, 3.63) is 17.6 Å². The van der Waals surface area contributed by atoms with Gasteiger partial charge in [0.1, 0.15) is 11.6 Å². The van der Waals surface area contributed by atoms with Gasteiger partial charge in [-0.25, -0.2) is 9.97 Å². The van der Waals surface area contributed by atoms with Crippen LogP contribution < -0.4 is 5.73 Å². The molecule has 2 heterocycles. The average molecular weight is 220 g/mol. The third-order valence-corrected chi connectivity index (χ3v) is 3.21. The molecule has 1 fully saturated rings. The zero-order valence-corrected chi connectivity index (χ0v) is 10.1. The van der Waals surface area contributed by atoms with Crippen LogP contribution in [-0.4, -0.2) is 27.5 Å². The van der Waals surface area contributed by atoms with E-state index in [9.17, 15) is 0 Å². The predicted molar refractivity (Wildman–Crippen MR) is 64.9 cm³/mol. The Morgan fingerprint density at radius 3 is 2.94 bits per heavy atom. The lowest BCUT2D eigenvalue weighted by Crippen LogP contribution is -2.37. The normalized spacial score (nSPS) is 22.2. The van der Waals surface area contributed by atoms with E-state index in [0.29, 0.717) is 11.9 Å². The molecular formula is C12H20N4. The van der Waals surface area contributed by atoms with Gasteiger partial charge in [0.05, 0.1) is 6.54 Å². The molecule has 4 nitrogen and oxygen atoms in total. The summed E-state index contributed by atoms with van der Waals surface area (Å²) in [5, 5.41) is 0. The average Bonchev–Trinajstić information content (AvgIpc) is 2.20. The highest BCUT2D eigenvalue weighted by Crippen LogP contribution is 2.18. The number of aromatic nitrogens is 2. The number of nitrogen functional groups attached to an aromatic ring is 1. The van der Waals surface area contributed by atoms with Crippen LogP contribution in [0.25, 0.3) is 0 Å². The van der Waals surface area contributed by atoms with Crippen molar-refractivity contribution in [3.63, 3.8) is 0 Å². The highest BCUT2D eigenvalue weighted by Gasteiger charge is 2.19. The molecule has 0 saturated carbocycles. The molecule has 0 bridgehead atoms. The second-order valence-electron chi connectivity index (χ2n) is 4.67. The van der Waals surface area contributed by atoms with Gasteiger partial charge in [-0.3, -0.25) is 4.90 Å². The van der Waals surface area contributed by atoms with Crippen molar-refractivity contribution >= 4 is 5.82 Å². The van der Waals surface area contributed by atoms with Crippen molar-refractivity contribution in [2.24, 2.45) is 0 Å². The van der Waals surface area contributed by atoms with E-state index in [1.165, 1.54) is 19.3 Å². The minimum absolute atomic E-state index is 0.576. The molecule has 1 atom stereocenters. The van der Waals surface area contributed by atoms with Crippen LogP contribution in [0.3, 0.4) is 0 Å². The van der Waals surface area contributed by atoms with Gasteiger partial charge in [-0.2, -0.15) is 0 Å². The summed E-state index contributed by atoms with van der Waals surface area (Å²) in [5.41, 5.74) is 6.68. The van der Waals surface area contributed by atoms with E-state index in [0.717, 1.165) is 24.6 Å². The monoisotopic (exact) mass is 220 g/mol. The quantitative estimate of drug-likeness (QED) is 0.825.